The largest absolute Gasteiger partial charge is 0.330 e. The van der Waals surface area contributed by atoms with Crippen LogP contribution in [0.2, 0.25) is 0 Å². The predicted molar refractivity (Wildman–Crippen MR) is 144 cm³/mol. The molecular formula is C30H38N4O2. The van der Waals surface area contributed by atoms with Gasteiger partial charge in [-0.1, -0.05) is 61.9 Å². The van der Waals surface area contributed by atoms with E-state index in [-0.39, 0.29) is 23.4 Å². The van der Waals surface area contributed by atoms with Gasteiger partial charge in [-0.05, 0) is 56.3 Å². The molecule has 1 amide bonds. The predicted octanol–water partition coefficient (Wildman–Crippen LogP) is 4.67. The molecule has 0 bridgehead atoms. The van der Waals surface area contributed by atoms with E-state index in [0.29, 0.717) is 43.6 Å². The molecule has 6 nitrogen and oxygen atoms in total. The number of carbonyl (C=O) groups excluding carboxylic acids is 1. The summed E-state index contributed by atoms with van der Waals surface area (Å²) in [5, 5.41) is 0. The van der Waals surface area contributed by atoms with Gasteiger partial charge in [-0.15, -0.1) is 0 Å². The molecule has 0 fully saturated rings. The van der Waals surface area contributed by atoms with Gasteiger partial charge in [0.05, 0.1) is 11.7 Å². The average molecular weight is 487 g/mol. The summed E-state index contributed by atoms with van der Waals surface area (Å²) in [6.45, 7) is 7.92. The molecule has 6 heteroatoms. The zero-order valence-electron chi connectivity index (χ0n) is 21.7. The van der Waals surface area contributed by atoms with Gasteiger partial charge >= 0.3 is 0 Å². The van der Waals surface area contributed by atoms with E-state index in [4.69, 9.17) is 10.7 Å². The van der Waals surface area contributed by atoms with E-state index in [1.807, 2.05) is 71.0 Å². The Morgan fingerprint density at radius 2 is 1.81 bits per heavy atom. The molecule has 0 saturated carbocycles. The molecule has 1 aliphatic rings. The number of aryl methyl sites for hydroxylation is 2. The van der Waals surface area contributed by atoms with E-state index >= 15 is 0 Å². The van der Waals surface area contributed by atoms with Crippen molar-refractivity contribution in [2.24, 2.45) is 11.7 Å². The van der Waals surface area contributed by atoms with Gasteiger partial charge in [0, 0.05) is 37.1 Å². The maximum absolute atomic E-state index is 13.9. The summed E-state index contributed by atoms with van der Waals surface area (Å²) in [5.74, 6) is 0.850. The Morgan fingerprint density at radius 1 is 1.08 bits per heavy atom. The van der Waals surface area contributed by atoms with Crippen molar-refractivity contribution in [3.05, 3.63) is 98.7 Å². The summed E-state index contributed by atoms with van der Waals surface area (Å²) < 4.78 is 1.86. The third-order valence-electron chi connectivity index (χ3n) is 7.04. The van der Waals surface area contributed by atoms with Gasteiger partial charge in [0.25, 0.3) is 11.5 Å². The molecule has 0 radical (unpaired) electrons. The summed E-state index contributed by atoms with van der Waals surface area (Å²) in [4.78, 5) is 34.8. The number of carbonyl (C=O) groups is 1. The van der Waals surface area contributed by atoms with E-state index in [1.165, 1.54) is 0 Å². The second-order valence-corrected chi connectivity index (χ2v) is 10.2. The van der Waals surface area contributed by atoms with Crippen molar-refractivity contribution >= 4 is 5.91 Å². The fourth-order valence-electron chi connectivity index (χ4n) is 5.16. The van der Waals surface area contributed by atoms with Crippen LogP contribution in [0.25, 0.3) is 0 Å². The number of rotatable bonds is 9. The van der Waals surface area contributed by atoms with Crippen LogP contribution in [0.5, 0.6) is 0 Å². The van der Waals surface area contributed by atoms with Crippen LogP contribution in [0.3, 0.4) is 0 Å². The van der Waals surface area contributed by atoms with E-state index in [9.17, 15) is 9.59 Å². The highest BCUT2D eigenvalue weighted by molar-refractivity contribution is 5.94. The molecule has 190 valence electrons. The van der Waals surface area contributed by atoms with Crippen LogP contribution in [0, 0.1) is 12.8 Å². The van der Waals surface area contributed by atoms with Crippen LogP contribution in [-0.4, -0.2) is 33.4 Å². The molecule has 36 heavy (non-hydrogen) atoms. The molecule has 1 aliphatic heterocycles. The van der Waals surface area contributed by atoms with Gasteiger partial charge in [-0.3, -0.25) is 14.2 Å². The van der Waals surface area contributed by atoms with E-state index < -0.39 is 0 Å². The van der Waals surface area contributed by atoms with E-state index in [2.05, 4.69) is 13.8 Å². The van der Waals surface area contributed by atoms with Gasteiger partial charge in [-0.2, -0.15) is 0 Å². The SMILES string of the molecule is Cc1ccc(C(=O)N(CCCN)C(c2nc3n(c(=O)c2Cc2ccccc2)CCCC3)C(C)C)cc1. The molecule has 2 aromatic carbocycles. The van der Waals surface area contributed by atoms with Crippen molar-refractivity contribution in [3.8, 4) is 0 Å². The minimum Gasteiger partial charge on any atom is -0.330 e. The standard InChI is InChI=1S/C30H38N4O2/c1-21(2)28(34(19-9-17-31)29(35)24-15-13-22(3)14-16-24)27-25(20-23-10-5-4-6-11-23)30(36)33-18-8-7-12-26(33)32-27/h4-6,10-11,13-16,21,28H,7-9,12,17-20,31H2,1-3H3. The molecule has 3 aromatic rings. The summed E-state index contributed by atoms with van der Waals surface area (Å²) in [6.07, 6.45) is 3.97. The van der Waals surface area contributed by atoms with Crippen LogP contribution < -0.4 is 11.3 Å². The number of nitrogens with two attached hydrogens (primary N) is 1. The highest BCUT2D eigenvalue weighted by Crippen LogP contribution is 2.32. The fourth-order valence-corrected chi connectivity index (χ4v) is 5.16. The fraction of sp³-hybridized carbons (Fsp3) is 0.433. The lowest BCUT2D eigenvalue weighted by atomic mass is 9.91. The zero-order chi connectivity index (χ0) is 25.7. The summed E-state index contributed by atoms with van der Waals surface area (Å²) in [7, 11) is 0. The average Bonchev–Trinajstić information content (AvgIpc) is 2.89. The van der Waals surface area contributed by atoms with Crippen LogP contribution in [0.4, 0.5) is 0 Å². The molecule has 4 rings (SSSR count). The highest BCUT2D eigenvalue weighted by atomic mass is 16.2. The minimum atomic E-state index is -0.329. The molecule has 1 aromatic heterocycles. The first-order valence-electron chi connectivity index (χ1n) is 13.1. The third-order valence-corrected chi connectivity index (χ3v) is 7.04. The molecule has 1 unspecified atom stereocenters. The molecule has 0 spiro atoms. The zero-order valence-corrected chi connectivity index (χ0v) is 21.7. The lowest BCUT2D eigenvalue weighted by Crippen LogP contribution is -2.42. The summed E-state index contributed by atoms with van der Waals surface area (Å²) in [5.41, 5.74) is 10.2. The maximum Gasteiger partial charge on any atom is 0.257 e. The minimum absolute atomic E-state index is 0.0331. The Balaban J connectivity index is 1.87. The monoisotopic (exact) mass is 486 g/mol. The lowest BCUT2D eigenvalue weighted by molar-refractivity contribution is 0.0613. The van der Waals surface area contributed by atoms with Crippen LogP contribution in [0.1, 0.15) is 77.7 Å². The number of hydrogen-bond donors (Lipinski definition) is 1. The van der Waals surface area contributed by atoms with Gasteiger partial charge in [0.1, 0.15) is 5.82 Å². The highest BCUT2D eigenvalue weighted by Gasteiger charge is 2.33. The smallest absolute Gasteiger partial charge is 0.257 e. The molecule has 2 heterocycles. The summed E-state index contributed by atoms with van der Waals surface area (Å²) in [6, 6.07) is 17.4. The third kappa shape index (κ3) is 5.59. The van der Waals surface area contributed by atoms with Crippen molar-refractivity contribution in [2.75, 3.05) is 13.1 Å². The second kappa shape index (κ2) is 11.7. The number of amides is 1. The Labute approximate surface area is 214 Å². The first kappa shape index (κ1) is 25.8. The van der Waals surface area contributed by atoms with Crippen LogP contribution in [-0.2, 0) is 19.4 Å². The lowest BCUT2D eigenvalue weighted by Gasteiger charge is -2.36. The molecule has 1 atom stereocenters. The van der Waals surface area contributed by atoms with E-state index in [0.717, 1.165) is 41.9 Å². The molecular weight excluding hydrogens is 448 g/mol. The normalized spacial score (nSPS) is 13.9. The number of hydrogen-bond acceptors (Lipinski definition) is 4. The molecule has 2 N–H and O–H groups in total. The van der Waals surface area contributed by atoms with E-state index in [1.54, 1.807) is 0 Å². The molecule has 0 aliphatic carbocycles. The van der Waals surface area contributed by atoms with Crippen molar-refractivity contribution in [1.29, 1.82) is 0 Å². The number of nitrogens with zero attached hydrogens (tertiary/aromatic N) is 3. The molecule has 0 saturated heterocycles. The van der Waals surface area contributed by atoms with Crippen molar-refractivity contribution in [3.63, 3.8) is 0 Å². The quantitative estimate of drug-likeness (QED) is 0.477. The second-order valence-electron chi connectivity index (χ2n) is 10.2. The Morgan fingerprint density at radius 3 is 2.47 bits per heavy atom. The van der Waals surface area contributed by atoms with Crippen LogP contribution in [0.15, 0.2) is 59.4 Å². The van der Waals surface area contributed by atoms with Gasteiger partial charge < -0.3 is 10.6 Å². The number of fused-ring (bicyclic) bond motifs is 1. The maximum atomic E-state index is 13.9. The van der Waals surface area contributed by atoms with Gasteiger partial charge in [0.15, 0.2) is 0 Å². The number of benzene rings is 2. The summed E-state index contributed by atoms with van der Waals surface area (Å²) >= 11 is 0. The first-order chi connectivity index (χ1) is 17.4. The van der Waals surface area contributed by atoms with Crippen LogP contribution >= 0.6 is 0 Å². The Bertz CT molecular complexity index is 1230. The van der Waals surface area contributed by atoms with Crippen molar-refractivity contribution < 1.29 is 4.79 Å². The topological polar surface area (TPSA) is 81.2 Å². The number of aromatic nitrogens is 2. The van der Waals surface area contributed by atoms with Gasteiger partial charge in [0.2, 0.25) is 0 Å². The van der Waals surface area contributed by atoms with Crippen molar-refractivity contribution in [1.82, 2.24) is 14.5 Å². The first-order valence-corrected chi connectivity index (χ1v) is 13.1. The Hall–Kier alpha value is -3.25. The Kier molecular flexibility index (Phi) is 8.36. The van der Waals surface area contributed by atoms with Gasteiger partial charge in [-0.25, -0.2) is 4.98 Å². The van der Waals surface area contributed by atoms with Crippen molar-refractivity contribution in [2.45, 2.75) is 65.5 Å².